The fourth-order valence-electron chi connectivity index (χ4n) is 5.73. The summed E-state index contributed by atoms with van der Waals surface area (Å²) in [7, 11) is 1.59. The zero-order valence-corrected chi connectivity index (χ0v) is 24.9. The van der Waals surface area contributed by atoms with Crippen LogP contribution in [-0.2, 0) is 27.2 Å². The number of rotatable bonds is 11. The lowest BCUT2D eigenvalue weighted by atomic mass is 9.83. The van der Waals surface area contributed by atoms with Crippen molar-refractivity contribution in [1.82, 2.24) is 10.2 Å². The van der Waals surface area contributed by atoms with Gasteiger partial charge in [-0.2, -0.15) is 0 Å². The zero-order valence-electron chi connectivity index (χ0n) is 24.1. The molecule has 1 saturated heterocycles. The van der Waals surface area contributed by atoms with E-state index in [-0.39, 0.29) is 37.0 Å². The predicted molar refractivity (Wildman–Crippen MR) is 164 cm³/mol. The summed E-state index contributed by atoms with van der Waals surface area (Å²) < 4.78 is 17.1. The van der Waals surface area contributed by atoms with Crippen LogP contribution in [0.25, 0.3) is 5.57 Å². The first-order chi connectivity index (χ1) is 20.4. The number of benzene rings is 3. The van der Waals surface area contributed by atoms with Crippen molar-refractivity contribution in [2.75, 3.05) is 33.4 Å². The molecule has 0 saturated carbocycles. The van der Waals surface area contributed by atoms with Crippen LogP contribution in [0, 0.1) is 0 Å². The Bertz CT molecular complexity index is 1440. The molecule has 2 aliphatic rings. The van der Waals surface area contributed by atoms with Crippen LogP contribution >= 0.6 is 11.6 Å². The van der Waals surface area contributed by atoms with Gasteiger partial charge in [-0.05, 0) is 65.8 Å². The fraction of sp³-hybridized carbons (Fsp3) is 0.353. The normalized spacial score (nSPS) is 18.0. The second kappa shape index (κ2) is 13.9. The van der Waals surface area contributed by atoms with E-state index < -0.39 is 0 Å². The number of hydrogen-bond donors (Lipinski definition) is 1. The molecule has 1 N–H and O–H groups in total. The largest absolute Gasteiger partial charge is 0.496 e. The number of aryl methyl sites for hydroxylation is 1. The van der Waals surface area contributed by atoms with Gasteiger partial charge in [0.1, 0.15) is 18.1 Å². The van der Waals surface area contributed by atoms with Crippen molar-refractivity contribution < 1.29 is 23.8 Å². The first-order valence-electron chi connectivity index (χ1n) is 14.4. The highest BCUT2D eigenvalue weighted by Crippen LogP contribution is 2.33. The molecule has 3 aromatic carbocycles. The topological polar surface area (TPSA) is 77.1 Å². The van der Waals surface area contributed by atoms with E-state index in [1.54, 1.807) is 14.0 Å². The van der Waals surface area contributed by atoms with Crippen LogP contribution in [0.1, 0.15) is 36.5 Å². The summed E-state index contributed by atoms with van der Waals surface area (Å²) in [6.45, 7) is 3.61. The monoisotopic (exact) mass is 588 g/mol. The lowest BCUT2D eigenvalue weighted by Crippen LogP contribution is -2.60. The second-order valence-electron chi connectivity index (χ2n) is 10.8. The molecule has 0 aromatic heterocycles. The Morgan fingerprint density at radius 3 is 2.60 bits per heavy atom. The number of halogens is 1. The average Bonchev–Trinajstić information content (AvgIpc) is 2.99. The van der Waals surface area contributed by atoms with Crippen LogP contribution in [0.4, 0.5) is 0 Å². The number of nitrogens with zero attached hydrogens (tertiary/aromatic N) is 1. The third-order valence-corrected chi connectivity index (χ3v) is 8.11. The van der Waals surface area contributed by atoms with Crippen molar-refractivity contribution in [2.45, 2.75) is 44.7 Å². The molecule has 220 valence electrons. The Kier molecular flexibility index (Phi) is 9.82. The Morgan fingerprint density at radius 1 is 1.02 bits per heavy atom. The van der Waals surface area contributed by atoms with E-state index in [0.717, 1.165) is 41.7 Å². The molecule has 2 bridgehead atoms. The van der Waals surface area contributed by atoms with E-state index in [2.05, 4.69) is 29.6 Å². The molecule has 2 atom stereocenters. The molecular weight excluding hydrogens is 552 g/mol. The zero-order chi connectivity index (χ0) is 29.5. The smallest absolute Gasteiger partial charge is 0.310 e. The van der Waals surface area contributed by atoms with Gasteiger partial charge in [-0.3, -0.25) is 9.59 Å². The summed E-state index contributed by atoms with van der Waals surface area (Å²) in [5.41, 5.74) is 5.35. The van der Waals surface area contributed by atoms with Crippen LogP contribution in [0.2, 0.25) is 5.02 Å². The molecular formula is C34H37ClN2O5. The Labute approximate surface area is 252 Å². The van der Waals surface area contributed by atoms with Crippen LogP contribution in [0.5, 0.6) is 11.5 Å². The van der Waals surface area contributed by atoms with Gasteiger partial charge in [-0.15, -0.1) is 0 Å². The van der Waals surface area contributed by atoms with Crippen molar-refractivity contribution in [3.8, 4) is 11.5 Å². The molecule has 0 radical (unpaired) electrons. The molecule has 0 spiro atoms. The first-order valence-corrected chi connectivity index (χ1v) is 14.8. The molecule has 0 aliphatic carbocycles. The molecule has 5 rings (SSSR count). The van der Waals surface area contributed by atoms with Gasteiger partial charge in [0, 0.05) is 36.6 Å². The number of nitrogens with one attached hydrogen (secondary N) is 1. The molecule has 2 heterocycles. The quantitative estimate of drug-likeness (QED) is 0.236. The summed E-state index contributed by atoms with van der Waals surface area (Å²) in [6.07, 6.45) is 2.67. The van der Waals surface area contributed by atoms with Crippen molar-refractivity contribution >= 4 is 29.1 Å². The minimum atomic E-state index is -0.317. The summed E-state index contributed by atoms with van der Waals surface area (Å²) in [5, 5.41) is 4.32. The van der Waals surface area contributed by atoms with Crippen LogP contribution in [0.15, 0.2) is 78.4 Å². The molecule has 3 aromatic rings. The first kappa shape index (κ1) is 29.7. The number of carbonyl (C=O) groups is 2. The second-order valence-corrected chi connectivity index (χ2v) is 11.2. The van der Waals surface area contributed by atoms with Gasteiger partial charge in [0.25, 0.3) is 0 Å². The van der Waals surface area contributed by atoms with Crippen molar-refractivity contribution in [2.24, 2.45) is 0 Å². The minimum Gasteiger partial charge on any atom is -0.496 e. The number of carbonyl (C=O) groups excluding carboxylic acids is 2. The van der Waals surface area contributed by atoms with E-state index in [0.29, 0.717) is 30.5 Å². The minimum absolute atomic E-state index is 0.0613. The van der Waals surface area contributed by atoms with Gasteiger partial charge in [-0.25, -0.2) is 0 Å². The third kappa shape index (κ3) is 7.52. The molecule has 1 fully saturated rings. The summed E-state index contributed by atoms with van der Waals surface area (Å²) in [5.74, 6) is 1.19. The number of fused-ring (bicyclic) bond motifs is 2. The SMILES string of the molecule is COc1ccccc1CC(=O)OCC1=C(c2ccc(CCCOc3cccc(Cl)c3)cc2)C[C@@H]2CN(C(C)=O)C[C@H]1N2. The van der Waals surface area contributed by atoms with E-state index in [9.17, 15) is 9.59 Å². The maximum Gasteiger partial charge on any atom is 0.310 e. The van der Waals surface area contributed by atoms with Crippen LogP contribution in [0.3, 0.4) is 0 Å². The van der Waals surface area contributed by atoms with Gasteiger partial charge in [0.15, 0.2) is 0 Å². The molecule has 0 unspecified atom stereocenters. The fourth-order valence-corrected chi connectivity index (χ4v) is 5.91. The van der Waals surface area contributed by atoms with E-state index >= 15 is 0 Å². The average molecular weight is 589 g/mol. The van der Waals surface area contributed by atoms with Gasteiger partial charge < -0.3 is 24.4 Å². The highest BCUT2D eigenvalue weighted by atomic mass is 35.5. The Morgan fingerprint density at radius 2 is 1.83 bits per heavy atom. The summed E-state index contributed by atoms with van der Waals surface area (Å²) in [4.78, 5) is 27.0. The van der Waals surface area contributed by atoms with Crippen LogP contribution in [-0.4, -0.2) is 62.3 Å². The number of hydrogen-bond acceptors (Lipinski definition) is 6. The number of esters is 1. The van der Waals surface area contributed by atoms with Crippen molar-refractivity contribution in [3.05, 3.63) is 100 Å². The highest BCUT2D eigenvalue weighted by molar-refractivity contribution is 6.30. The van der Waals surface area contributed by atoms with Crippen LogP contribution < -0.4 is 14.8 Å². The highest BCUT2D eigenvalue weighted by Gasteiger charge is 2.36. The van der Waals surface area contributed by atoms with Gasteiger partial charge in [0.05, 0.1) is 26.2 Å². The van der Waals surface area contributed by atoms with Gasteiger partial charge >= 0.3 is 5.97 Å². The number of amides is 1. The Balaban J connectivity index is 1.27. The van der Waals surface area contributed by atoms with E-state index in [1.165, 1.54) is 11.1 Å². The Hall–Kier alpha value is -3.81. The molecule has 8 heteroatoms. The van der Waals surface area contributed by atoms with E-state index in [1.807, 2.05) is 53.4 Å². The van der Waals surface area contributed by atoms with Gasteiger partial charge in [0.2, 0.25) is 5.91 Å². The molecule has 1 amide bonds. The molecule has 7 nitrogen and oxygen atoms in total. The standard InChI is InChI=1S/C34H37ClN2O5/c1-23(38)37-20-28-19-30(25-14-12-24(13-15-25)7-6-16-41-29-10-5-9-27(35)18-29)31(32(21-37)36-28)22-42-34(39)17-26-8-3-4-11-33(26)40-2/h3-5,8-15,18,28,32,36H,6-7,16-17,19-22H2,1-2H3/t28-,32-/m1/s1. The van der Waals surface area contributed by atoms with Crippen molar-refractivity contribution in [1.29, 1.82) is 0 Å². The number of piperazine rings is 1. The molecule has 42 heavy (non-hydrogen) atoms. The summed E-state index contributed by atoms with van der Waals surface area (Å²) in [6, 6.07) is 23.6. The van der Waals surface area contributed by atoms with E-state index in [4.69, 9.17) is 25.8 Å². The number of methoxy groups -OCH3 is 1. The summed E-state index contributed by atoms with van der Waals surface area (Å²) >= 11 is 6.04. The number of ether oxygens (including phenoxy) is 3. The third-order valence-electron chi connectivity index (χ3n) is 7.88. The number of para-hydroxylation sites is 1. The van der Waals surface area contributed by atoms with Crippen molar-refractivity contribution in [3.63, 3.8) is 0 Å². The lowest BCUT2D eigenvalue weighted by molar-refractivity contribution is -0.142. The maximum atomic E-state index is 12.9. The lowest BCUT2D eigenvalue weighted by Gasteiger charge is -2.44. The molecule has 2 aliphatic heterocycles. The predicted octanol–water partition coefficient (Wildman–Crippen LogP) is 5.49. The maximum absolute atomic E-state index is 12.9. The van der Waals surface area contributed by atoms with Gasteiger partial charge in [-0.1, -0.05) is 60.1 Å².